The van der Waals surface area contributed by atoms with Gasteiger partial charge in [-0.05, 0) is 78.1 Å². The fourth-order valence-corrected chi connectivity index (χ4v) is 6.75. The maximum Gasteiger partial charge on any atom is 0.254 e. The van der Waals surface area contributed by atoms with E-state index in [0.717, 1.165) is 64.8 Å². The predicted molar refractivity (Wildman–Crippen MR) is 146 cm³/mol. The molecule has 2 aliphatic heterocycles. The molecule has 198 valence electrons. The monoisotopic (exact) mass is 504 g/mol. The van der Waals surface area contributed by atoms with Gasteiger partial charge in [0.05, 0.1) is 5.56 Å². The van der Waals surface area contributed by atoms with E-state index in [0.29, 0.717) is 43.3 Å². The van der Waals surface area contributed by atoms with Crippen molar-refractivity contribution in [1.29, 1.82) is 0 Å². The second-order valence-corrected chi connectivity index (χ2v) is 11.7. The van der Waals surface area contributed by atoms with Crippen LogP contribution in [0.1, 0.15) is 79.9 Å². The van der Waals surface area contributed by atoms with Gasteiger partial charge in [-0.1, -0.05) is 24.3 Å². The van der Waals surface area contributed by atoms with Gasteiger partial charge >= 0.3 is 0 Å². The first-order valence-corrected chi connectivity index (χ1v) is 13.6. The summed E-state index contributed by atoms with van der Waals surface area (Å²) in [7, 11) is 4.30. The van der Waals surface area contributed by atoms with E-state index in [9.17, 15) is 9.59 Å². The Bertz CT molecular complexity index is 1230. The SMILES string of the molecule is C=Cc1c2c(c(C)c3c1OC(C)(C1CCC(N(C)C)CC1)O3)C(=O)N(CC1=C(C)C=C(C)CC1=O)CC2. The highest BCUT2D eigenvalue weighted by molar-refractivity contribution is 6.03. The Morgan fingerprint density at radius 2 is 1.78 bits per heavy atom. The molecule has 0 bridgehead atoms. The Labute approximate surface area is 221 Å². The topological polar surface area (TPSA) is 59.1 Å². The number of hydrogen-bond acceptors (Lipinski definition) is 5. The molecule has 2 aliphatic carbocycles. The van der Waals surface area contributed by atoms with Gasteiger partial charge in [0, 0.05) is 55.1 Å². The van der Waals surface area contributed by atoms with Gasteiger partial charge in [-0.25, -0.2) is 0 Å². The van der Waals surface area contributed by atoms with Gasteiger partial charge < -0.3 is 19.3 Å². The molecule has 37 heavy (non-hydrogen) atoms. The van der Waals surface area contributed by atoms with Crippen molar-refractivity contribution < 1.29 is 19.1 Å². The summed E-state index contributed by atoms with van der Waals surface area (Å²) in [6, 6.07) is 0.597. The first kappa shape index (κ1) is 25.8. The number of ketones is 1. The van der Waals surface area contributed by atoms with Crippen molar-refractivity contribution >= 4 is 17.8 Å². The second-order valence-electron chi connectivity index (χ2n) is 11.7. The van der Waals surface area contributed by atoms with Gasteiger partial charge in [-0.15, -0.1) is 0 Å². The fraction of sp³-hybridized carbons (Fsp3) is 0.548. The third-order valence-corrected chi connectivity index (χ3v) is 8.97. The summed E-state index contributed by atoms with van der Waals surface area (Å²) in [5.74, 6) is 0.990. The highest BCUT2D eigenvalue weighted by atomic mass is 16.7. The van der Waals surface area contributed by atoms with Crippen LogP contribution < -0.4 is 9.47 Å². The van der Waals surface area contributed by atoms with Crippen molar-refractivity contribution in [2.24, 2.45) is 5.92 Å². The number of nitrogens with zero attached hydrogens (tertiary/aromatic N) is 2. The molecular weight excluding hydrogens is 464 g/mol. The highest BCUT2D eigenvalue weighted by Gasteiger charge is 2.48. The fourth-order valence-electron chi connectivity index (χ4n) is 6.75. The minimum Gasteiger partial charge on any atom is -0.448 e. The number of fused-ring (bicyclic) bond motifs is 2. The van der Waals surface area contributed by atoms with E-state index in [4.69, 9.17) is 9.47 Å². The average molecular weight is 505 g/mol. The zero-order valence-electron chi connectivity index (χ0n) is 23.2. The van der Waals surface area contributed by atoms with Crippen molar-refractivity contribution in [2.45, 2.75) is 78.0 Å². The molecule has 0 aromatic heterocycles. The minimum absolute atomic E-state index is 0.0484. The third-order valence-electron chi connectivity index (χ3n) is 8.97. The average Bonchev–Trinajstić information content (AvgIpc) is 3.21. The van der Waals surface area contributed by atoms with Gasteiger partial charge in [-0.2, -0.15) is 0 Å². The van der Waals surface area contributed by atoms with Crippen LogP contribution in [0.25, 0.3) is 6.08 Å². The maximum absolute atomic E-state index is 13.9. The number of ether oxygens (including phenoxy) is 2. The van der Waals surface area contributed by atoms with E-state index in [1.165, 1.54) is 0 Å². The Morgan fingerprint density at radius 1 is 1.11 bits per heavy atom. The van der Waals surface area contributed by atoms with Crippen molar-refractivity contribution in [3.8, 4) is 11.5 Å². The van der Waals surface area contributed by atoms with Crippen LogP contribution >= 0.6 is 0 Å². The standard InChI is InChI=1S/C31H40N2O4/c1-8-23-24-13-14-33(17-25-19(3)15-18(2)16-26(25)34)30(35)27(24)20(4)28-29(23)37-31(5,36-28)21-9-11-22(12-10-21)32(6)7/h8,15,21-22H,1,9-14,16-17H2,2-7H3. The lowest BCUT2D eigenvalue weighted by Gasteiger charge is -2.39. The largest absolute Gasteiger partial charge is 0.448 e. The number of Topliss-reactive ketones (excluding diaryl/α,β-unsaturated/α-hetero) is 1. The lowest BCUT2D eigenvalue weighted by atomic mass is 9.81. The Hall–Kier alpha value is -2.86. The number of carbonyl (C=O) groups excluding carboxylic acids is 2. The van der Waals surface area contributed by atoms with E-state index in [-0.39, 0.29) is 17.6 Å². The van der Waals surface area contributed by atoms with Crippen LogP contribution in [0.4, 0.5) is 0 Å². The molecule has 1 atom stereocenters. The second kappa shape index (κ2) is 9.46. The van der Waals surface area contributed by atoms with Crippen LogP contribution in [0.5, 0.6) is 11.5 Å². The van der Waals surface area contributed by atoms with Gasteiger partial charge in [0.15, 0.2) is 17.3 Å². The van der Waals surface area contributed by atoms with Crippen LogP contribution in [0, 0.1) is 12.8 Å². The van der Waals surface area contributed by atoms with Crippen molar-refractivity contribution in [3.63, 3.8) is 0 Å². The zero-order chi connectivity index (χ0) is 26.6. The predicted octanol–water partition coefficient (Wildman–Crippen LogP) is 5.48. The molecule has 4 aliphatic rings. The summed E-state index contributed by atoms with van der Waals surface area (Å²) in [6.45, 7) is 12.9. The molecule has 0 N–H and O–H groups in total. The summed E-state index contributed by atoms with van der Waals surface area (Å²) < 4.78 is 13.3. The summed E-state index contributed by atoms with van der Waals surface area (Å²) in [5.41, 5.74) is 6.13. The third kappa shape index (κ3) is 4.33. The molecule has 0 spiro atoms. The molecule has 1 aromatic carbocycles. The summed E-state index contributed by atoms with van der Waals surface area (Å²) >= 11 is 0. The number of benzene rings is 1. The van der Waals surface area contributed by atoms with Crippen molar-refractivity contribution in [2.75, 3.05) is 27.2 Å². The lowest BCUT2D eigenvalue weighted by molar-refractivity contribution is -0.123. The smallest absolute Gasteiger partial charge is 0.254 e. The molecule has 1 unspecified atom stereocenters. The molecule has 1 saturated carbocycles. The van der Waals surface area contributed by atoms with Gasteiger partial charge in [0.2, 0.25) is 0 Å². The van der Waals surface area contributed by atoms with Gasteiger partial charge in [0.25, 0.3) is 11.7 Å². The number of rotatable bonds is 5. The molecule has 1 amide bonds. The molecule has 0 saturated heterocycles. The first-order valence-electron chi connectivity index (χ1n) is 13.6. The molecule has 2 heterocycles. The summed E-state index contributed by atoms with van der Waals surface area (Å²) in [5, 5.41) is 0. The van der Waals surface area contributed by atoms with Crippen LogP contribution in [0.3, 0.4) is 0 Å². The molecule has 1 aromatic rings. The first-order chi connectivity index (χ1) is 17.5. The van der Waals surface area contributed by atoms with E-state index >= 15 is 0 Å². The summed E-state index contributed by atoms with van der Waals surface area (Å²) in [4.78, 5) is 30.7. The van der Waals surface area contributed by atoms with E-state index in [1.807, 2.05) is 38.7 Å². The number of amides is 1. The molecule has 1 fully saturated rings. The Balaban J connectivity index is 1.45. The molecule has 5 rings (SSSR count). The minimum atomic E-state index is -0.755. The molecular formula is C31H40N2O4. The molecule has 6 nitrogen and oxygen atoms in total. The summed E-state index contributed by atoms with van der Waals surface area (Å²) in [6.07, 6.45) is 9.32. The molecule has 0 radical (unpaired) electrons. The van der Waals surface area contributed by atoms with Crippen LogP contribution in [-0.2, 0) is 11.2 Å². The van der Waals surface area contributed by atoms with Crippen molar-refractivity contribution in [1.82, 2.24) is 9.80 Å². The number of carbonyl (C=O) groups is 2. The van der Waals surface area contributed by atoms with E-state index in [2.05, 4.69) is 31.7 Å². The number of allylic oxidation sites excluding steroid dienone is 3. The molecule has 6 heteroatoms. The Morgan fingerprint density at radius 3 is 2.41 bits per heavy atom. The quantitative estimate of drug-likeness (QED) is 0.532. The van der Waals surface area contributed by atoms with Crippen LogP contribution in [0.2, 0.25) is 0 Å². The lowest BCUT2D eigenvalue weighted by Crippen LogP contribution is -2.46. The highest BCUT2D eigenvalue weighted by Crippen LogP contribution is 2.52. The maximum atomic E-state index is 13.9. The van der Waals surface area contributed by atoms with E-state index in [1.54, 1.807) is 0 Å². The van der Waals surface area contributed by atoms with Gasteiger partial charge in [0.1, 0.15) is 0 Å². The van der Waals surface area contributed by atoms with Crippen molar-refractivity contribution in [3.05, 3.63) is 51.6 Å². The Kier molecular flexibility index (Phi) is 6.59. The van der Waals surface area contributed by atoms with Gasteiger partial charge in [-0.3, -0.25) is 9.59 Å². The normalized spacial score (nSPS) is 27.5. The number of hydrogen-bond donors (Lipinski definition) is 0. The van der Waals surface area contributed by atoms with Crippen LogP contribution in [-0.4, -0.2) is 60.5 Å². The van der Waals surface area contributed by atoms with Crippen LogP contribution in [0.15, 0.2) is 29.4 Å². The zero-order valence-corrected chi connectivity index (χ0v) is 23.2. The van der Waals surface area contributed by atoms with E-state index < -0.39 is 5.79 Å².